The minimum absolute atomic E-state index is 0.246. The quantitative estimate of drug-likeness (QED) is 0.487. The van der Waals surface area contributed by atoms with E-state index in [4.69, 9.17) is 4.74 Å². The number of hydrogen-bond donors (Lipinski definition) is 2. The van der Waals surface area contributed by atoms with Crippen molar-refractivity contribution in [3.8, 4) is 22.4 Å². The van der Waals surface area contributed by atoms with Crippen molar-refractivity contribution >= 4 is 0 Å². The second kappa shape index (κ2) is 8.61. The molecule has 1 aliphatic rings. The number of aromatic amines is 1. The summed E-state index contributed by atoms with van der Waals surface area (Å²) in [7, 11) is 0. The molecule has 2 aromatic carbocycles. The van der Waals surface area contributed by atoms with Gasteiger partial charge in [0.15, 0.2) is 0 Å². The molecule has 0 bridgehead atoms. The summed E-state index contributed by atoms with van der Waals surface area (Å²) in [6, 6.07) is 17.9. The van der Waals surface area contributed by atoms with E-state index in [2.05, 4.69) is 27.4 Å². The Hall–Kier alpha value is -3.82. The van der Waals surface area contributed by atoms with Crippen LogP contribution in [0.15, 0.2) is 76.6 Å². The fourth-order valence-corrected chi connectivity index (χ4v) is 4.27. The first kappa shape index (κ1) is 21.0. The highest BCUT2D eigenvalue weighted by molar-refractivity contribution is 5.68. The standard InChI is InChI=1S/C24H23N5O4/c1-15-13-28(24(32)26-23(15)31)22-11-19(21(14-30)33-22)29-20(12-25-27-29)18-9-7-17(8-10-18)16-5-3-2-4-6-16/h2-10,12-13,19,21-22,30H,11,14H2,1H3,(H,26,31,32)/t19-,21+,22+/m0/s1. The van der Waals surface area contributed by atoms with Gasteiger partial charge in [-0.05, 0) is 18.1 Å². The predicted molar refractivity (Wildman–Crippen MR) is 122 cm³/mol. The molecule has 2 N–H and O–H groups in total. The number of aromatic nitrogens is 5. The Balaban J connectivity index is 1.45. The van der Waals surface area contributed by atoms with E-state index in [1.54, 1.807) is 17.8 Å². The molecule has 5 rings (SSSR count). The van der Waals surface area contributed by atoms with Gasteiger partial charge in [0.1, 0.15) is 12.3 Å². The van der Waals surface area contributed by atoms with Crippen molar-refractivity contribution < 1.29 is 9.84 Å². The maximum absolute atomic E-state index is 12.3. The minimum atomic E-state index is -0.646. The first-order valence-electron chi connectivity index (χ1n) is 10.7. The van der Waals surface area contributed by atoms with E-state index >= 15 is 0 Å². The minimum Gasteiger partial charge on any atom is -0.394 e. The second-order valence-corrected chi connectivity index (χ2v) is 8.10. The lowest BCUT2D eigenvalue weighted by Crippen LogP contribution is -2.33. The predicted octanol–water partition coefficient (Wildman–Crippen LogP) is 2.29. The Morgan fingerprint density at radius 2 is 1.76 bits per heavy atom. The maximum atomic E-state index is 12.3. The zero-order valence-corrected chi connectivity index (χ0v) is 18.0. The van der Waals surface area contributed by atoms with Crippen LogP contribution in [-0.4, -0.2) is 42.4 Å². The average Bonchev–Trinajstić information content (AvgIpc) is 3.49. The molecular weight excluding hydrogens is 422 g/mol. The molecule has 2 aromatic heterocycles. The van der Waals surface area contributed by atoms with Crippen molar-refractivity contribution in [3.05, 3.63) is 93.4 Å². The van der Waals surface area contributed by atoms with Crippen molar-refractivity contribution in [2.45, 2.75) is 31.7 Å². The smallest absolute Gasteiger partial charge is 0.330 e. The van der Waals surface area contributed by atoms with E-state index in [0.29, 0.717) is 12.0 Å². The fourth-order valence-electron chi connectivity index (χ4n) is 4.27. The van der Waals surface area contributed by atoms with Gasteiger partial charge in [0.05, 0.1) is 24.5 Å². The van der Waals surface area contributed by atoms with Crippen LogP contribution in [0.2, 0.25) is 0 Å². The topological polar surface area (TPSA) is 115 Å². The lowest BCUT2D eigenvalue weighted by atomic mass is 10.0. The monoisotopic (exact) mass is 445 g/mol. The molecule has 0 aliphatic carbocycles. The summed E-state index contributed by atoms with van der Waals surface area (Å²) in [5.74, 6) is 0. The van der Waals surface area contributed by atoms with Gasteiger partial charge < -0.3 is 9.84 Å². The van der Waals surface area contributed by atoms with Gasteiger partial charge in [-0.3, -0.25) is 14.3 Å². The lowest BCUT2D eigenvalue weighted by molar-refractivity contribution is -0.0322. The van der Waals surface area contributed by atoms with E-state index in [9.17, 15) is 14.7 Å². The van der Waals surface area contributed by atoms with Gasteiger partial charge in [0.2, 0.25) is 0 Å². The molecular formula is C24H23N5O4. The van der Waals surface area contributed by atoms with E-state index in [0.717, 1.165) is 22.4 Å². The van der Waals surface area contributed by atoms with E-state index in [1.807, 2.05) is 42.5 Å². The number of aryl methyl sites for hydroxylation is 1. The number of rotatable bonds is 5. The molecule has 3 atom stereocenters. The van der Waals surface area contributed by atoms with Crippen LogP contribution < -0.4 is 11.2 Å². The molecule has 1 saturated heterocycles. The van der Waals surface area contributed by atoms with E-state index in [1.165, 1.54) is 10.8 Å². The largest absolute Gasteiger partial charge is 0.394 e. The normalized spacial score (nSPS) is 20.2. The Kier molecular flexibility index (Phi) is 5.49. The van der Waals surface area contributed by atoms with Crippen LogP contribution >= 0.6 is 0 Å². The van der Waals surface area contributed by atoms with Crippen LogP contribution in [0.5, 0.6) is 0 Å². The Morgan fingerprint density at radius 1 is 1.06 bits per heavy atom. The van der Waals surface area contributed by atoms with Crippen LogP contribution in [0.4, 0.5) is 0 Å². The zero-order valence-electron chi connectivity index (χ0n) is 18.0. The molecule has 0 spiro atoms. The van der Waals surface area contributed by atoms with E-state index in [-0.39, 0.29) is 12.6 Å². The molecule has 168 valence electrons. The van der Waals surface area contributed by atoms with E-state index < -0.39 is 23.6 Å². The number of hydrogen-bond acceptors (Lipinski definition) is 6. The summed E-state index contributed by atoms with van der Waals surface area (Å²) in [5.41, 5.74) is 3.37. The maximum Gasteiger partial charge on any atom is 0.330 e. The zero-order chi connectivity index (χ0) is 22.9. The fraction of sp³-hybridized carbons (Fsp3) is 0.250. The highest BCUT2D eigenvalue weighted by atomic mass is 16.5. The molecule has 33 heavy (non-hydrogen) atoms. The number of ether oxygens (including phenoxy) is 1. The SMILES string of the molecule is Cc1cn([C@H]2C[C@H](n3nncc3-c3ccc(-c4ccccc4)cc3)[C@@H](CO)O2)c(=O)[nH]c1=O. The molecule has 0 amide bonds. The number of H-pyrrole nitrogens is 1. The van der Waals surface area contributed by atoms with Crippen LogP contribution in [0.1, 0.15) is 24.3 Å². The second-order valence-electron chi connectivity index (χ2n) is 8.10. The summed E-state index contributed by atoms with van der Waals surface area (Å²) in [4.78, 5) is 26.4. The summed E-state index contributed by atoms with van der Waals surface area (Å²) >= 11 is 0. The third-order valence-electron chi connectivity index (χ3n) is 6.02. The van der Waals surface area contributed by atoms with Gasteiger partial charge in [0, 0.05) is 23.7 Å². The molecule has 0 radical (unpaired) electrons. The van der Waals surface area contributed by atoms with Gasteiger partial charge >= 0.3 is 5.69 Å². The molecule has 9 nitrogen and oxygen atoms in total. The molecule has 9 heteroatoms. The van der Waals surface area contributed by atoms with Gasteiger partial charge in [-0.25, -0.2) is 9.48 Å². The lowest BCUT2D eigenvalue weighted by Gasteiger charge is -2.18. The number of aliphatic hydroxyl groups is 1. The number of benzene rings is 2. The van der Waals surface area contributed by atoms with Gasteiger partial charge in [-0.15, -0.1) is 5.10 Å². The molecule has 1 aliphatic heterocycles. The highest BCUT2D eigenvalue weighted by Gasteiger charge is 2.39. The molecule has 1 fully saturated rings. The summed E-state index contributed by atoms with van der Waals surface area (Å²) < 4.78 is 9.07. The Morgan fingerprint density at radius 3 is 2.48 bits per heavy atom. The third kappa shape index (κ3) is 3.92. The van der Waals surface area contributed by atoms with Crippen molar-refractivity contribution in [2.75, 3.05) is 6.61 Å². The molecule has 0 unspecified atom stereocenters. The van der Waals surface area contributed by atoms with Crippen LogP contribution in [-0.2, 0) is 4.74 Å². The van der Waals surface area contributed by atoms with Crippen LogP contribution in [0, 0.1) is 6.92 Å². The molecule has 4 aromatic rings. The van der Waals surface area contributed by atoms with Crippen molar-refractivity contribution in [3.63, 3.8) is 0 Å². The number of nitrogens with zero attached hydrogens (tertiary/aromatic N) is 4. The van der Waals surface area contributed by atoms with Crippen molar-refractivity contribution in [2.24, 2.45) is 0 Å². The number of aliphatic hydroxyl groups excluding tert-OH is 1. The number of nitrogens with one attached hydrogen (secondary N) is 1. The van der Waals surface area contributed by atoms with Crippen molar-refractivity contribution in [1.29, 1.82) is 0 Å². The summed E-state index contributed by atoms with van der Waals surface area (Å²) in [6.07, 6.45) is 2.31. The van der Waals surface area contributed by atoms with Gasteiger partial charge in [-0.1, -0.05) is 59.8 Å². The molecule has 3 heterocycles. The Bertz CT molecular complexity index is 1370. The first-order valence-corrected chi connectivity index (χ1v) is 10.7. The van der Waals surface area contributed by atoms with Gasteiger partial charge in [0.25, 0.3) is 5.56 Å². The van der Waals surface area contributed by atoms with Crippen LogP contribution in [0.25, 0.3) is 22.4 Å². The Labute approximate surface area is 188 Å². The third-order valence-corrected chi connectivity index (χ3v) is 6.02. The molecule has 0 saturated carbocycles. The van der Waals surface area contributed by atoms with Gasteiger partial charge in [-0.2, -0.15) is 0 Å². The van der Waals surface area contributed by atoms with Crippen LogP contribution in [0.3, 0.4) is 0 Å². The summed E-state index contributed by atoms with van der Waals surface area (Å²) in [6.45, 7) is 1.38. The summed E-state index contributed by atoms with van der Waals surface area (Å²) in [5, 5.41) is 18.3. The van der Waals surface area contributed by atoms with Crippen molar-refractivity contribution in [1.82, 2.24) is 24.5 Å². The first-order chi connectivity index (χ1) is 16.0. The average molecular weight is 445 g/mol. The highest BCUT2D eigenvalue weighted by Crippen LogP contribution is 2.38.